The summed E-state index contributed by atoms with van der Waals surface area (Å²) in [5, 5.41) is 6.70. The van der Waals surface area contributed by atoms with Gasteiger partial charge >= 0.3 is 0 Å². The minimum atomic E-state index is -0.0619. The van der Waals surface area contributed by atoms with Gasteiger partial charge in [-0.2, -0.15) is 4.98 Å². The van der Waals surface area contributed by atoms with Crippen LogP contribution in [0.4, 0.5) is 5.82 Å². The molecule has 1 saturated carbocycles. The summed E-state index contributed by atoms with van der Waals surface area (Å²) in [7, 11) is 0. The van der Waals surface area contributed by atoms with Crippen molar-refractivity contribution >= 4 is 5.82 Å². The zero-order chi connectivity index (χ0) is 12.4. The molecule has 1 fully saturated rings. The van der Waals surface area contributed by atoms with Crippen LogP contribution in [0.2, 0.25) is 0 Å². The summed E-state index contributed by atoms with van der Waals surface area (Å²) < 4.78 is 6.37. The van der Waals surface area contributed by atoms with Crippen molar-refractivity contribution < 1.29 is 4.52 Å². The van der Waals surface area contributed by atoms with Gasteiger partial charge in [0.1, 0.15) is 0 Å². The van der Waals surface area contributed by atoms with Gasteiger partial charge in [-0.15, -0.1) is 0 Å². The lowest BCUT2D eigenvalue weighted by Gasteiger charge is -2.06. The standard InChI is InChI=1S/C11H13N5O2/c17-11-10(12-4-3-9-14-7-18-15-9)13-5-6-16(11)8-1-2-8/h5-8H,1-4H2,(H,12,13). The van der Waals surface area contributed by atoms with E-state index in [-0.39, 0.29) is 5.56 Å². The van der Waals surface area contributed by atoms with Crippen LogP contribution in [0.15, 0.2) is 28.1 Å². The molecule has 94 valence electrons. The number of anilines is 1. The van der Waals surface area contributed by atoms with Crippen LogP contribution < -0.4 is 10.9 Å². The summed E-state index contributed by atoms with van der Waals surface area (Å²) in [5.41, 5.74) is -0.0619. The fourth-order valence-corrected chi connectivity index (χ4v) is 1.78. The molecule has 7 nitrogen and oxygen atoms in total. The summed E-state index contributed by atoms with van der Waals surface area (Å²) in [6.07, 6.45) is 7.42. The third-order valence-corrected chi connectivity index (χ3v) is 2.86. The van der Waals surface area contributed by atoms with E-state index in [1.165, 1.54) is 6.39 Å². The van der Waals surface area contributed by atoms with Crippen LogP contribution in [0.25, 0.3) is 0 Å². The average Bonchev–Trinajstić information content (AvgIpc) is 3.09. The van der Waals surface area contributed by atoms with Gasteiger partial charge in [0.2, 0.25) is 6.39 Å². The summed E-state index contributed by atoms with van der Waals surface area (Å²) in [6.45, 7) is 0.552. The van der Waals surface area contributed by atoms with Crippen LogP contribution >= 0.6 is 0 Å². The molecule has 0 unspecified atom stereocenters. The van der Waals surface area contributed by atoms with Crippen molar-refractivity contribution in [3.8, 4) is 0 Å². The lowest BCUT2D eigenvalue weighted by atomic mass is 10.4. The van der Waals surface area contributed by atoms with Crippen molar-refractivity contribution in [2.45, 2.75) is 25.3 Å². The van der Waals surface area contributed by atoms with E-state index in [1.807, 2.05) is 0 Å². The first-order valence-electron chi connectivity index (χ1n) is 5.91. The molecule has 2 aromatic heterocycles. The molecule has 0 aliphatic heterocycles. The molecule has 0 amide bonds. The number of hydrogen-bond acceptors (Lipinski definition) is 6. The SMILES string of the molecule is O=c1c(NCCc2ncon2)nccn1C1CC1. The second-order valence-electron chi connectivity index (χ2n) is 4.24. The van der Waals surface area contributed by atoms with E-state index in [9.17, 15) is 4.79 Å². The number of aromatic nitrogens is 4. The maximum Gasteiger partial charge on any atom is 0.293 e. The Balaban J connectivity index is 1.65. The van der Waals surface area contributed by atoms with Crippen molar-refractivity contribution in [3.63, 3.8) is 0 Å². The molecule has 2 heterocycles. The van der Waals surface area contributed by atoms with E-state index in [4.69, 9.17) is 0 Å². The molecular weight excluding hydrogens is 234 g/mol. The van der Waals surface area contributed by atoms with E-state index in [1.54, 1.807) is 17.0 Å². The zero-order valence-corrected chi connectivity index (χ0v) is 9.74. The van der Waals surface area contributed by atoms with Crippen molar-refractivity contribution in [1.82, 2.24) is 19.7 Å². The highest BCUT2D eigenvalue weighted by molar-refractivity contribution is 5.31. The Morgan fingerprint density at radius 2 is 2.33 bits per heavy atom. The first-order valence-corrected chi connectivity index (χ1v) is 5.91. The van der Waals surface area contributed by atoms with Gasteiger partial charge in [-0.25, -0.2) is 4.98 Å². The smallest absolute Gasteiger partial charge is 0.293 e. The monoisotopic (exact) mass is 247 g/mol. The molecule has 0 bridgehead atoms. The van der Waals surface area contributed by atoms with Crippen LogP contribution in [0.1, 0.15) is 24.7 Å². The van der Waals surface area contributed by atoms with E-state index in [0.717, 1.165) is 12.8 Å². The van der Waals surface area contributed by atoms with Crippen molar-refractivity contribution in [1.29, 1.82) is 0 Å². The largest absolute Gasteiger partial charge is 0.365 e. The highest BCUT2D eigenvalue weighted by atomic mass is 16.5. The van der Waals surface area contributed by atoms with Crippen LogP contribution in [-0.4, -0.2) is 26.2 Å². The van der Waals surface area contributed by atoms with Crippen molar-refractivity contribution in [2.24, 2.45) is 0 Å². The van der Waals surface area contributed by atoms with Crippen LogP contribution in [0.5, 0.6) is 0 Å². The average molecular weight is 247 g/mol. The van der Waals surface area contributed by atoms with Gasteiger partial charge in [-0.05, 0) is 12.8 Å². The fraction of sp³-hybridized carbons (Fsp3) is 0.455. The Morgan fingerprint density at radius 1 is 1.44 bits per heavy atom. The predicted octanol–water partition coefficient (Wildman–Crippen LogP) is 0.616. The summed E-state index contributed by atoms with van der Waals surface area (Å²) in [5.74, 6) is 0.994. The van der Waals surface area contributed by atoms with Crippen molar-refractivity contribution in [2.75, 3.05) is 11.9 Å². The number of hydrogen-bond donors (Lipinski definition) is 1. The fourth-order valence-electron chi connectivity index (χ4n) is 1.78. The van der Waals surface area contributed by atoms with Gasteiger partial charge in [0.25, 0.3) is 5.56 Å². The van der Waals surface area contributed by atoms with E-state index in [0.29, 0.717) is 30.6 Å². The predicted molar refractivity (Wildman–Crippen MR) is 63.3 cm³/mol. The van der Waals surface area contributed by atoms with E-state index >= 15 is 0 Å². The van der Waals surface area contributed by atoms with Gasteiger partial charge in [0, 0.05) is 31.4 Å². The quantitative estimate of drug-likeness (QED) is 0.833. The Hall–Kier alpha value is -2.18. The number of nitrogens with zero attached hydrogens (tertiary/aromatic N) is 4. The molecule has 0 saturated heterocycles. The van der Waals surface area contributed by atoms with Crippen LogP contribution in [0, 0.1) is 0 Å². The summed E-state index contributed by atoms with van der Waals surface area (Å²) >= 11 is 0. The normalized spacial score (nSPS) is 14.7. The van der Waals surface area contributed by atoms with Crippen LogP contribution in [-0.2, 0) is 6.42 Å². The molecule has 1 aliphatic rings. The molecule has 2 aromatic rings. The number of nitrogens with one attached hydrogen (secondary N) is 1. The Labute approximate surface area is 103 Å². The number of rotatable bonds is 5. The molecule has 3 rings (SSSR count). The van der Waals surface area contributed by atoms with E-state index < -0.39 is 0 Å². The Morgan fingerprint density at radius 3 is 3.06 bits per heavy atom. The summed E-state index contributed by atoms with van der Waals surface area (Å²) in [4.78, 5) is 20.0. The summed E-state index contributed by atoms with van der Waals surface area (Å²) in [6, 6.07) is 0.359. The van der Waals surface area contributed by atoms with Crippen LogP contribution in [0.3, 0.4) is 0 Å². The van der Waals surface area contributed by atoms with Gasteiger partial charge in [-0.1, -0.05) is 5.16 Å². The Bertz CT molecular complexity index is 573. The molecule has 7 heteroatoms. The topological polar surface area (TPSA) is 85.8 Å². The highest BCUT2D eigenvalue weighted by Gasteiger charge is 2.25. The third kappa shape index (κ3) is 2.24. The van der Waals surface area contributed by atoms with Gasteiger partial charge in [0.15, 0.2) is 11.6 Å². The molecular formula is C11H13N5O2. The highest BCUT2D eigenvalue weighted by Crippen LogP contribution is 2.33. The first-order chi connectivity index (χ1) is 8.84. The molecule has 0 spiro atoms. The lowest BCUT2D eigenvalue weighted by Crippen LogP contribution is -2.24. The third-order valence-electron chi connectivity index (χ3n) is 2.86. The van der Waals surface area contributed by atoms with E-state index in [2.05, 4.69) is 25.0 Å². The second kappa shape index (κ2) is 4.59. The first kappa shape index (κ1) is 10.9. The maximum atomic E-state index is 12.0. The van der Waals surface area contributed by atoms with Gasteiger partial charge in [-0.3, -0.25) is 4.79 Å². The molecule has 18 heavy (non-hydrogen) atoms. The molecule has 1 aliphatic carbocycles. The zero-order valence-electron chi connectivity index (χ0n) is 9.74. The molecule has 0 aromatic carbocycles. The van der Waals surface area contributed by atoms with Gasteiger partial charge < -0.3 is 14.4 Å². The molecule has 0 radical (unpaired) electrons. The molecule has 1 N–H and O–H groups in total. The second-order valence-corrected chi connectivity index (χ2v) is 4.24. The minimum Gasteiger partial charge on any atom is -0.365 e. The van der Waals surface area contributed by atoms with Crippen molar-refractivity contribution in [3.05, 3.63) is 35.0 Å². The minimum absolute atomic E-state index is 0.0619. The Kier molecular flexibility index (Phi) is 2.79. The van der Waals surface area contributed by atoms with Gasteiger partial charge in [0.05, 0.1) is 0 Å². The lowest BCUT2D eigenvalue weighted by molar-refractivity contribution is 0.410. The molecule has 0 atom stereocenters. The maximum absolute atomic E-state index is 12.0.